The highest BCUT2D eigenvalue weighted by Gasteiger charge is 2.25. The molecule has 5 heteroatoms. The van der Waals surface area contributed by atoms with Crippen molar-refractivity contribution in [3.63, 3.8) is 0 Å². The lowest BCUT2D eigenvalue weighted by molar-refractivity contribution is 0.0690. The number of carbonyl (C=O) groups is 1. The van der Waals surface area contributed by atoms with Crippen LogP contribution >= 0.6 is 11.3 Å². The van der Waals surface area contributed by atoms with E-state index in [1.54, 1.807) is 4.40 Å². The first-order chi connectivity index (χ1) is 12.1. The van der Waals surface area contributed by atoms with E-state index in [-0.39, 0.29) is 5.69 Å². The van der Waals surface area contributed by atoms with Gasteiger partial charge in [-0.15, -0.1) is 11.3 Å². The van der Waals surface area contributed by atoms with Gasteiger partial charge in [0.2, 0.25) is 0 Å². The Morgan fingerprint density at radius 1 is 1.00 bits per heavy atom. The van der Waals surface area contributed by atoms with Gasteiger partial charge in [-0.3, -0.25) is 4.40 Å². The number of aromatic carboxylic acids is 1. The Bertz CT molecular complexity index is 1080. The van der Waals surface area contributed by atoms with E-state index in [1.165, 1.54) is 16.9 Å². The molecule has 0 amide bonds. The first kappa shape index (κ1) is 15.6. The van der Waals surface area contributed by atoms with Crippen LogP contribution in [-0.4, -0.2) is 20.5 Å². The second-order valence-electron chi connectivity index (χ2n) is 5.97. The average Bonchev–Trinajstić information content (AvgIpc) is 3.11. The SMILES string of the molecule is Cc1ccc(-c2c(C)sc3nc(-c4ccccc4)c(C(=O)O)n23)cc1. The van der Waals surface area contributed by atoms with Crippen molar-refractivity contribution in [2.75, 3.05) is 0 Å². The Hall–Kier alpha value is -2.92. The predicted octanol–water partition coefficient (Wildman–Crippen LogP) is 5.04. The number of benzene rings is 2. The third-order valence-electron chi connectivity index (χ3n) is 4.22. The smallest absolute Gasteiger partial charge is 0.355 e. The lowest BCUT2D eigenvalue weighted by Crippen LogP contribution is -2.04. The van der Waals surface area contributed by atoms with Crippen LogP contribution < -0.4 is 0 Å². The van der Waals surface area contributed by atoms with E-state index in [0.717, 1.165) is 21.7 Å². The van der Waals surface area contributed by atoms with Gasteiger partial charge in [0.05, 0.1) is 5.69 Å². The van der Waals surface area contributed by atoms with Crippen molar-refractivity contribution in [1.82, 2.24) is 9.38 Å². The van der Waals surface area contributed by atoms with Gasteiger partial charge in [0.15, 0.2) is 10.7 Å². The summed E-state index contributed by atoms with van der Waals surface area (Å²) in [5, 5.41) is 9.88. The molecule has 0 atom stereocenters. The first-order valence-electron chi connectivity index (χ1n) is 7.94. The minimum Gasteiger partial charge on any atom is -0.476 e. The summed E-state index contributed by atoms with van der Waals surface area (Å²) in [5.74, 6) is -0.975. The molecule has 0 aliphatic carbocycles. The number of carboxylic acids is 1. The van der Waals surface area contributed by atoms with Gasteiger partial charge in [0.1, 0.15) is 5.69 Å². The topological polar surface area (TPSA) is 54.6 Å². The number of rotatable bonds is 3. The molecule has 2 aromatic carbocycles. The van der Waals surface area contributed by atoms with Crippen LogP contribution in [-0.2, 0) is 0 Å². The molecule has 2 heterocycles. The fourth-order valence-electron chi connectivity index (χ4n) is 3.06. The molecule has 1 N–H and O–H groups in total. The minimum atomic E-state index is -0.975. The van der Waals surface area contributed by atoms with Crippen LogP contribution in [0.25, 0.3) is 27.5 Å². The number of imidazole rings is 1. The number of hydrogen-bond donors (Lipinski definition) is 1. The molecular formula is C20H16N2O2S. The second-order valence-corrected chi connectivity index (χ2v) is 7.15. The summed E-state index contributed by atoms with van der Waals surface area (Å²) in [4.78, 5) is 18.4. The Kier molecular flexibility index (Phi) is 3.66. The fourth-order valence-corrected chi connectivity index (χ4v) is 4.05. The van der Waals surface area contributed by atoms with E-state index in [4.69, 9.17) is 0 Å². The Balaban J connectivity index is 2.05. The molecule has 0 radical (unpaired) electrons. The summed E-state index contributed by atoms with van der Waals surface area (Å²) in [7, 11) is 0. The molecule has 2 aromatic heterocycles. The van der Waals surface area contributed by atoms with Gasteiger partial charge in [-0.05, 0) is 19.4 Å². The minimum absolute atomic E-state index is 0.209. The number of thiazole rings is 1. The van der Waals surface area contributed by atoms with Gasteiger partial charge in [0, 0.05) is 10.4 Å². The second kappa shape index (κ2) is 5.86. The van der Waals surface area contributed by atoms with Gasteiger partial charge in [-0.2, -0.15) is 0 Å². The summed E-state index contributed by atoms with van der Waals surface area (Å²) >= 11 is 1.51. The molecule has 0 saturated carbocycles. The molecule has 0 fully saturated rings. The number of nitrogens with zero attached hydrogens (tertiary/aromatic N) is 2. The Morgan fingerprint density at radius 3 is 2.32 bits per heavy atom. The molecule has 0 unspecified atom stereocenters. The number of fused-ring (bicyclic) bond motifs is 1. The zero-order valence-corrected chi connectivity index (χ0v) is 14.7. The van der Waals surface area contributed by atoms with Gasteiger partial charge < -0.3 is 5.11 Å². The van der Waals surface area contributed by atoms with Crippen LogP contribution in [0.3, 0.4) is 0 Å². The summed E-state index contributed by atoms with van der Waals surface area (Å²) < 4.78 is 1.77. The maximum absolute atomic E-state index is 12.1. The molecular weight excluding hydrogens is 332 g/mol. The van der Waals surface area contributed by atoms with Crippen LogP contribution in [0.15, 0.2) is 54.6 Å². The molecule has 0 saturated heterocycles. The molecule has 4 rings (SSSR count). The molecule has 25 heavy (non-hydrogen) atoms. The first-order valence-corrected chi connectivity index (χ1v) is 8.75. The Morgan fingerprint density at radius 2 is 1.68 bits per heavy atom. The van der Waals surface area contributed by atoms with Gasteiger partial charge in [-0.25, -0.2) is 9.78 Å². The Labute approximate surface area is 149 Å². The average molecular weight is 348 g/mol. The monoisotopic (exact) mass is 348 g/mol. The van der Waals surface area contributed by atoms with Crippen LogP contribution in [0.1, 0.15) is 20.9 Å². The molecule has 4 nitrogen and oxygen atoms in total. The normalized spacial score (nSPS) is 11.1. The molecule has 0 aliphatic heterocycles. The third kappa shape index (κ3) is 2.53. The van der Waals surface area contributed by atoms with E-state index in [9.17, 15) is 9.90 Å². The highest BCUT2D eigenvalue weighted by atomic mass is 32.1. The van der Waals surface area contributed by atoms with E-state index >= 15 is 0 Å². The molecule has 0 bridgehead atoms. The number of hydrogen-bond acceptors (Lipinski definition) is 3. The standard InChI is InChI=1S/C20H16N2O2S/c1-12-8-10-15(11-9-12)17-13(2)25-20-21-16(14-6-4-3-5-7-14)18(19(23)24)22(17)20/h3-11H,1-2H3,(H,23,24). The van der Waals surface area contributed by atoms with Crippen LogP contribution in [0.2, 0.25) is 0 Å². The summed E-state index contributed by atoms with van der Waals surface area (Å²) in [6.07, 6.45) is 0. The zero-order chi connectivity index (χ0) is 17.6. The number of aromatic nitrogens is 2. The largest absolute Gasteiger partial charge is 0.476 e. The quantitative estimate of drug-likeness (QED) is 0.564. The van der Waals surface area contributed by atoms with E-state index in [1.807, 2.05) is 68.4 Å². The molecule has 124 valence electrons. The van der Waals surface area contributed by atoms with Crippen LogP contribution in [0.5, 0.6) is 0 Å². The van der Waals surface area contributed by atoms with Crippen LogP contribution in [0, 0.1) is 13.8 Å². The maximum Gasteiger partial charge on any atom is 0.355 e. The highest BCUT2D eigenvalue weighted by Crippen LogP contribution is 2.36. The lowest BCUT2D eigenvalue weighted by Gasteiger charge is -2.06. The van der Waals surface area contributed by atoms with Crippen molar-refractivity contribution in [2.24, 2.45) is 0 Å². The van der Waals surface area contributed by atoms with Crippen molar-refractivity contribution >= 4 is 22.3 Å². The molecule has 4 aromatic rings. The highest BCUT2D eigenvalue weighted by molar-refractivity contribution is 7.17. The van der Waals surface area contributed by atoms with Crippen molar-refractivity contribution in [3.8, 4) is 22.5 Å². The van der Waals surface area contributed by atoms with Crippen molar-refractivity contribution < 1.29 is 9.90 Å². The van der Waals surface area contributed by atoms with Crippen LogP contribution in [0.4, 0.5) is 0 Å². The summed E-state index contributed by atoms with van der Waals surface area (Å²) in [5.41, 5.74) is 4.58. The third-order valence-corrected chi connectivity index (χ3v) is 5.18. The van der Waals surface area contributed by atoms with E-state index < -0.39 is 5.97 Å². The van der Waals surface area contributed by atoms with Gasteiger partial charge in [-0.1, -0.05) is 60.2 Å². The lowest BCUT2D eigenvalue weighted by atomic mass is 10.1. The van der Waals surface area contributed by atoms with Crippen molar-refractivity contribution in [1.29, 1.82) is 0 Å². The zero-order valence-electron chi connectivity index (χ0n) is 13.9. The molecule has 0 aliphatic rings. The summed E-state index contributed by atoms with van der Waals surface area (Å²) in [6, 6.07) is 17.6. The number of carboxylic acid groups (broad SMARTS) is 1. The van der Waals surface area contributed by atoms with Crippen molar-refractivity contribution in [3.05, 3.63) is 70.7 Å². The fraction of sp³-hybridized carbons (Fsp3) is 0.100. The number of aryl methyl sites for hydroxylation is 2. The molecule has 0 spiro atoms. The maximum atomic E-state index is 12.1. The predicted molar refractivity (Wildman–Crippen MR) is 100 cm³/mol. The van der Waals surface area contributed by atoms with E-state index in [2.05, 4.69) is 4.98 Å². The van der Waals surface area contributed by atoms with Gasteiger partial charge >= 0.3 is 5.97 Å². The van der Waals surface area contributed by atoms with E-state index in [0.29, 0.717) is 10.7 Å². The summed E-state index contributed by atoms with van der Waals surface area (Å²) in [6.45, 7) is 4.04. The van der Waals surface area contributed by atoms with Crippen molar-refractivity contribution in [2.45, 2.75) is 13.8 Å². The van der Waals surface area contributed by atoms with Gasteiger partial charge in [0.25, 0.3) is 0 Å².